The Morgan fingerprint density at radius 2 is 2.00 bits per heavy atom. The molecule has 0 saturated carbocycles. The minimum Gasteiger partial charge on any atom is -0.473 e. The molecule has 0 aromatic carbocycles. The summed E-state index contributed by atoms with van der Waals surface area (Å²) in [4.78, 5) is 6.51. The Kier molecular flexibility index (Phi) is 5.22. The number of pyridine rings is 1. The third-order valence-electron chi connectivity index (χ3n) is 2.27. The van der Waals surface area contributed by atoms with E-state index in [1.165, 1.54) is 0 Å². The van der Waals surface area contributed by atoms with Gasteiger partial charge in [0.15, 0.2) is 0 Å². The number of hydrogen-bond acceptors (Lipinski definition) is 5. The Morgan fingerprint density at radius 3 is 2.56 bits per heavy atom. The number of nitrogens with one attached hydrogen (secondary N) is 1. The van der Waals surface area contributed by atoms with E-state index in [1.54, 1.807) is 0 Å². The smallest absolute Gasteiger partial charge is 0.239 e. The summed E-state index contributed by atoms with van der Waals surface area (Å²) < 4.78 is 5.56. The molecule has 0 fully saturated rings. The van der Waals surface area contributed by atoms with E-state index in [2.05, 4.69) is 22.1 Å². The molecule has 0 saturated heterocycles. The lowest BCUT2D eigenvalue weighted by atomic mass is 10.3. The van der Waals surface area contributed by atoms with Gasteiger partial charge in [0.05, 0.1) is 11.8 Å². The summed E-state index contributed by atoms with van der Waals surface area (Å²) in [5, 5.41) is 3.33. The van der Waals surface area contributed by atoms with Gasteiger partial charge in [-0.3, -0.25) is 0 Å². The first-order valence-corrected chi connectivity index (χ1v) is 6.23. The molecule has 102 valence electrons. The van der Waals surface area contributed by atoms with Crippen LogP contribution in [0.5, 0.6) is 5.88 Å². The van der Waals surface area contributed by atoms with Crippen molar-refractivity contribution in [3.63, 3.8) is 0 Å². The second kappa shape index (κ2) is 6.44. The van der Waals surface area contributed by atoms with Crippen molar-refractivity contribution in [3.05, 3.63) is 12.1 Å². The highest BCUT2D eigenvalue weighted by Crippen LogP contribution is 2.22. The normalized spacial score (nSPS) is 12.8. The predicted molar refractivity (Wildman–Crippen MR) is 76.1 cm³/mol. The van der Waals surface area contributed by atoms with Crippen LogP contribution >= 0.6 is 0 Å². The Labute approximate surface area is 109 Å². The molecule has 1 rings (SSSR count). The Hall–Kier alpha value is -1.49. The number of nitrogens with two attached hydrogens (primary N) is 1. The van der Waals surface area contributed by atoms with E-state index in [4.69, 9.17) is 10.5 Å². The van der Waals surface area contributed by atoms with Crippen LogP contribution in [0.15, 0.2) is 12.1 Å². The molecule has 1 aromatic rings. The summed E-state index contributed by atoms with van der Waals surface area (Å²) in [6, 6.07) is 3.99. The van der Waals surface area contributed by atoms with E-state index in [0.717, 1.165) is 12.4 Å². The van der Waals surface area contributed by atoms with Crippen LogP contribution in [0, 0.1) is 0 Å². The van der Waals surface area contributed by atoms with E-state index in [-0.39, 0.29) is 6.10 Å². The average Bonchev–Trinajstić information content (AvgIpc) is 2.21. The molecule has 1 unspecified atom stereocenters. The first kappa shape index (κ1) is 14.6. The highest BCUT2D eigenvalue weighted by Gasteiger charge is 2.09. The highest BCUT2D eigenvalue weighted by molar-refractivity contribution is 5.53. The first-order chi connectivity index (χ1) is 8.38. The van der Waals surface area contributed by atoms with Gasteiger partial charge in [-0.2, -0.15) is 4.98 Å². The number of hydrogen-bond donors (Lipinski definition) is 2. The van der Waals surface area contributed by atoms with Crippen molar-refractivity contribution in [2.75, 3.05) is 31.7 Å². The molecule has 0 amide bonds. The number of nitrogens with zero attached hydrogens (tertiary/aromatic N) is 2. The van der Waals surface area contributed by atoms with E-state index >= 15 is 0 Å². The molecule has 0 aliphatic rings. The zero-order chi connectivity index (χ0) is 13.7. The largest absolute Gasteiger partial charge is 0.473 e. The molecule has 0 bridgehead atoms. The van der Waals surface area contributed by atoms with Crippen molar-refractivity contribution in [1.29, 1.82) is 0 Å². The summed E-state index contributed by atoms with van der Waals surface area (Å²) in [7, 11) is 4.09. The van der Waals surface area contributed by atoms with Crippen LogP contribution in [-0.2, 0) is 0 Å². The minimum absolute atomic E-state index is 0.0641. The van der Waals surface area contributed by atoms with Crippen LogP contribution in [-0.4, -0.2) is 42.7 Å². The van der Waals surface area contributed by atoms with E-state index in [1.807, 2.05) is 40.1 Å². The zero-order valence-electron chi connectivity index (χ0n) is 11.9. The summed E-state index contributed by atoms with van der Waals surface area (Å²) in [6.45, 7) is 6.96. The molecule has 18 heavy (non-hydrogen) atoms. The molecule has 5 heteroatoms. The van der Waals surface area contributed by atoms with Gasteiger partial charge in [0, 0.05) is 12.6 Å². The van der Waals surface area contributed by atoms with Crippen molar-refractivity contribution < 1.29 is 4.74 Å². The Morgan fingerprint density at radius 1 is 1.33 bits per heavy atom. The van der Waals surface area contributed by atoms with Crippen LogP contribution in [0.2, 0.25) is 0 Å². The fourth-order valence-electron chi connectivity index (χ4n) is 1.70. The van der Waals surface area contributed by atoms with Gasteiger partial charge >= 0.3 is 0 Å². The molecule has 0 aliphatic heterocycles. The van der Waals surface area contributed by atoms with Gasteiger partial charge in [-0.25, -0.2) is 0 Å². The Bertz CT molecular complexity index is 379. The van der Waals surface area contributed by atoms with Crippen LogP contribution in [0.25, 0.3) is 0 Å². The number of aromatic nitrogens is 1. The molecule has 5 nitrogen and oxygen atoms in total. The SMILES string of the molecule is CC(CN(C)C)Nc1ccc(N)c(OC(C)C)n1. The lowest BCUT2D eigenvalue weighted by Gasteiger charge is -2.19. The standard InChI is InChI=1S/C13H24N4O/c1-9(2)18-13-11(14)6-7-12(16-13)15-10(3)8-17(4)5/h6-7,9-10H,8,14H2,1-5H3,(H,15,16). The maximum absolute atomic E-state index is 5.83. The third kappa shape index (κ3) is 4.79. The lowest BCUT2D eigenvalue weighted by Crippen LogP contribution is -2.30. The molecular weight excluding hydrogens is 228 g/mol. The van der Waals surface area contributed by atoms with Gasteiger partial charge in [0.1, 0.15) is 5.82 Å². The lowest BCUT2D eigenvalue weighted by molar-refractivity contribution is 0.234. The molecule has 1 atom stereocenters. The van der Waals surface area contributed by atoms with Crippen LogP contribution in [0.1, 0.15) is 20.8 Å². The summed E-state index contributed by atoms with van der Waals surface area (Å²) >= 11 is 0. The predicted octanol–water partition coefficient (Wildman–Crippen LogP) is 1.81. The van der Waals surface area contributed by atoms with Gasteiger partial charge in [-0.15, -0.1) is 0 Å². The van der Waals surface area contributed by atoms with Crippen LogP contribution < -0.4 is 15.8 Å². The van der Waals surface area contributed by atoms with E-state index in [0.29, 0.717) is 17.6 Å². The number of anilines is 2. The van der Waals surface area contributed by atoms with Gasteiger partial charge in [0.2, 0.25) is 5.88 Å². The molecule has 0 spiro atoms. The second-order valence-corrected chi connectivity index (χ2v) is 5.07. The number of nitrogen functional groups attached to an aromatic ring is 1. The number of rotatable bonds is 6. The number of ether oxygens (including phenoxy) is 1. The van der Waals surface area contributed by atoms with E-state index in [9.17, 15) is 0 Å². The van der Waals surface area contributed by atoms with Crippen molar-refractivity contribution in [1.82, 2.24) is 9.88 Å². The maximum Gasteiger partial charge on any atom is 0.239 e. The monoisotopic (exact) mass is 252 g/mol. The summed E-state index contributed by atoms with van der Waals surface area (Å²) in [5.74, 6) is 1.28. The fourth-order valence-corrected chi connectivity index (χ4v) is 1.70. The maximum atomic E-state index is 5.83. The Balaban J connectivity index is 2.72. The van der Waals surface area contributed by atoms with Crippen molar-refractivity contribution in [3.8, 4) is 5.88 Å². The van der Waals surface area contributed by atoms with Gasteiger partial charge in [-0.05, 0) is 47.0 Å². The van der Waals surface area contributed by atoms with Crippen LogP contribution in [0.3, 0.4) is 0 Å². The van der Waals surface area contributed by atoms with Gasteiger partial charge in [-0.1, -0.05) is 0 Å². The van der Waals surface area contributed by atoms with Crippen molar-refractivity contribution in [2.45, 2.75) is 32.9 Å². The van der Waals surface area contributed by atoms with Crippen molar-refractivity contribution >= 4 is 11.5 Å². The van der Waals surface area contributed by atoms with E-state index < -0.39 is 0 Å². The van der Waals surface area contributed by atoms with Crippen molar-refractivity contribution in [2.24, 2.45) is 0 Å². The first-order valence-electron chi connectivity index (χ1n) is 6.23. The highest BCUT2D eigenvalue weighted by atomic mass is 16.5. The summed E-state index contributed by atoms with van der Waals surface area (Å²) in [6.07, 6.45) is 0.0641. The van der Waals surface area contributed by atoms with Gasteiger partial charge in [0.25, 0.3) is 0 Å². The third-order valence-corrected chi connectivity index (χ3v) is 2.27. The van der Waals surface area contributed by atoms with Crippen LogP contribution in [0.4, 0.5) is 11.5 Å². The zero-order valence-corrected chi connectivity index (χ0v) is 11.9. The van der Waals surface area contributed by atoms with Gasteiger partial charge < -0.3 is 20.7 Å². The molecule has 1 heterocycles. The molecule has 1 aromatic heterocycles. The average molecular weight is 252 g/mol. The minimum atomic E-state index is 0.0641. The molecular formula is C13H24N4O. The molecule has 3 N–H and O–H groups in total. The molecule has 0 aliphatic carbocycles. The topological polar surface area (TPSA) is 63.4 Å². The quantitative estimate of drug-likeness (QED) is 0.808. The summed E-state index contributed by atoms with van der Waals surface area (Å²) in [5.41, 5.74) is 6.39. The fraction of sp³-hybridized carbons (Fsp3) is 0.615. The number of likely N-dealkylation sites (N-methyl/N-ethyl adjacent to an activating group) is 1. The second-order valence-electron chi connectivity index (χ2n) is 5.07. The molecule has 0 radical (unpaired) electrons.